The highest BCUT2D eigenvalue weighted by atomic mass is 15.0. The first-order valence-corrected chi connectivity index (χ1v) is 5.68. The van der Waals surface area contributed by atoms with Crippen molar-refractivity contribution in [2.24, 2.45) is 5.73 Å². The molecule has 1 aromatic heterocycles. The van der Waals surface area contributed by atoms with Crippen LogP contribution in [0.3, 0.4) is 0 Å². The molecule has 0 saturated heterocycles. The molecule has 3 heteroatoms. The molecule has 2 unspecified atom stereocenters. The maximum atomic E-state index is 5.88. The second-order valence-corrected chi connectivity index (χ2v) is 4.41. The molecule has 0 aliphatic heterocycles. The fourth-order valence-electron chi connectivity index (χ4n) is 2.24. The fourth-order valence-corrected chi connectivity index (χ4v) is 2.24. The summed E-state index contributed by atoms with van der Waals surface area (Å²) in [6.45, 7) is 2.16. The molecule has 0 aromatic carbocycles. The second-order valence-electron chi connectivity index (χ2n) is 4.41. The molecule has 3 nitrogen and oxygen atoms in total. The monoisotopic (exact) mass is 205 g/mol. The predicted octanol–water partition coefficient (Wildman–Crippen LogP) is 1.61. The molecule has 3 atom stereocenters. The van der Waals surface area contributed by atoms with Crippen molar-refractivity contribution in [2.75, 3.05) is 0 Å². The third-order valence-electron chi connectivity index (χ3n) is 3.09. The first-order chi connectivity index (χ1) is 7.25. The summed E-state index contributed by atoms with van der Waals surface area (Å²) in [7, 11) is 0. The highest BCUT2D eigenvalue weighted by molar-refractivity contribution is 5.08. The van der Waals surface area contributed by atoms with Gasteiger partial charge < -0.3 is 11.1 Å². The summed E-state index contributed by atoms with van der Waals surface area (Å²) in [6.07, 6.45) is 5.27. The van der Waals surface area contributed by atoms with Gasteiger partial charge in [0.1, 0.15) is 0 Å². The lowest BCUT2D eigenvalue weighted by Gasteiger charge is -2.18. The standard InChI is InChI=1S/C12H19N3/c1-9(12-4-2-3-7-14-12)15-11-6-5-10(13)8-11/h2-4,7,9-11,15H,5-6,8,13H2,1H3/t9-,10?,11?/m1/s1. The number of hydrogen-bond acceptors (Lipinski definition) is 3. The van der Waals surface area contributed by atoms with Crippen molar-refractivity contribution >= 4 is 0 Å². The third-order valence-corrected chi connectivity index (χ3v) is 3.09. The molecule has 1 aliphatic rings. The van der Waals surface area contributed by atoms with Crippen LogP contribution in [0, 0.1) is 0 Å². The smallest absolute Gasteiger partial charge is 0.0570 e. The van der Waals surface area contributed by atoms with E-state index in [9.17, 15) is 0 Å². The van der Waals surface area contributed by atoms with E-state index in [4.69, 9.17) is 5.73 Å². The van der Waals surface area contributed by atoms with Gasteiger partial charge in [-0.1, -0.05) is 6.07 Å². The molecule has 1 aromatic rings. The quantitative estimate of drug-likeness (QED) is 0.788. The van der Waals surface area contributed by atoms with E-state index in [1.54, 1.807) is 0 Å². The number of aromatic nitrogens is 1. The molecule has 0 spiro atoms. The van der Waals surface area contributed by atoms with Gasteiger partial charge in [-0.05, 0) is 38.3 Å². The van der Waals surface area contributed by atoms with Gasteiger partial charge in [-0.3, -0.25) is 4.98 Å². The molecule has 2 rings (SSSR count). The van der Waals surface area contributed by atoms with E-state index < -0.39 is 0 Å². The van der Waals surface area contributed by atoms with Gasteiger partial charge in [-0.2, -0.15) is 0 Å². The van der Waals surface area contributed by atoms with Gasteiger partial charge >= 0.3 is 0 Å². The summed E-state index contributed by atoms with van der Waals surface area (Å²) in [6, 6.07) is 7.31. The van der Waals surface area contributed by atoms with E-state index >= 15 is 0 Å². The first-order valence-electron chi connectivity index (χ1n) is 5.68. The first kappa shape index (κ1) is 10.6. The average molecular weight is 205 g/mol. The zero-order valence-electron chi connectivity index (χ0n) is 9.19. The lowest BCUT2D eigenvalue weighted by atomic mass is 10.1. The Bertz CT molecular complexity index is 299. The molecule has 1 aliphatic carbocycles. The van der Waals surface area contributed by atoms with Gasteiger partial charge in [-0.25, -0.2) is 0 Å². The summed E-state index contributed by atoms with van der Waals surface area (Å²) in [5, 5.41) is 3.58. The second kappa shape index (κ2) is 4.73. The maximum absolute atomic E-state index is 5.88. The molecule has 1 heterocycles. The summed E-state index contributed by atoms with van der Waals surface area (Å²) in [5.74, 6) is 0. The highest BCUT2D eigenvalue weighted by Crippen LogP contribution is 2.20. The van der Waals surface area contributed by atoms with E-state index in [-0.39, 0.29) is 0 Å². The van der Waals surface area contributed by atoms with Crippen molar-refractivity contribution in [2.45, 2.75) is 44.3 Å². The normalized spacial score (nSPS) is 27.9. The Morgan fingerprint density at radius 1 is 1.47 bits per heavy atom. The van der Waals surface area contributed by atoms with E-state index in [0.717, 1.165) is 18.5 Å². The van der Waals surface area contributed by atoms with Crippen LogP contribution in [0.1, 0.15) is 37.9 Å². The number of nitrogens with two attached hydrogens (primary N) is 1. The Morgan fingerprint density at radius 2 is 2.33 bits per heavy atom. The summed E-state index contributed by atoms with van der Waals surface area (Å²) in [4.78, 5) is 4.35. The van der Waals surface area contributed by atoms with Crippen molar-refractivity contribution in [3.05, 3.63) is 30.1 Å². The zero-order chi connectivity index (χ0) is 10.7. The number of nitrogens with one attached hydrogen (secondary N) is 1. The Kier molecular flexibility index (Phi) is 3.34. The zero-order valence-corrected chi connectivity index (χ0v) is 9.19. The van der Waals surface area contributed by atoms with Crippen LogP contribution >= 0.6 is 0 Å². The minimum absolute atomic E-state index is 0.321. The molecular formula is C12H19N3. The largest absolute Gasteiger partial charge is 0.328 e. The third kappa shape index (κ3) is 2.76. The number of rotatable bonds is 3. The van der Waals surface area contributed by atoms with Crippen LogP contribution < -0.4 is 11.1 Å². The Morgan fingerprint density at radius 3 is 2.93 bits per heavy atom. The van der Waals surface area contributed by atoms with Gasteiger partial charge in [0.2, 0.25) is 0 Å². The average Bonchev–Trinajstić information content (AvgIpc) is 2.65. The summed E-state index contributed by atoms with van der Waals surface area (Å²) in [5.41, 5.74) is 6.99. The Balaban J connectivity index is 1.90. The minimum atomic E-state index is 0.321. The van der Waals surface area contributed by atoms with Crippen LogP contribution in [0.4, 0.5) is 0 Å². The molecule has 0 amide bonds. The van der Waals surface area contributed by atoms with E-state index in [2.05, 4.69) is 23.3 Å². The molecule has 15 heavy (non-hydrogen) atoms. The summed E-state index contributed by atoms with van der Waals surface area (Å²) >= 11 is 0. The highest BCUT2D eigenvalue weighted by Gasteiger charge is 2.23. The Labute approximate surface area is 91.1 Å². The van der Waals surface area contributed by atoms with Crippen LogP contribution in [0.2, 0.25) is 0 Å². The predicted molar refractivity (Wildman–Crippen MR) is 61.4 cm³/mol. The van der Waals surface area contributed by atoms with Crippen LogP contribution in [-0.2, 0) is 0 Å². The van der Waals surface area contributed by atoms with Crippen molar-refractivity contribution in [1.29, 1.82) is 0 Å². The van der Waals surface area contributed by atoms with E-state index in [1.165, 1.54) is 6.42 Å². The van der Waals surface area contributed by atoms with Gasteiger partial charge in [0, 0.05) is 24.3 Å². The molecule has 1 fully saturated rings. The maximum Gasteiger partial charge on any atom is 0.0570 e. The molecule has 0 bridgehead atoms. The van der Waals surface area contributed by atoms with Crippen LogP contribution in [0.5, 0.6) is 0 Å². The van der Waals surface area contributed by atoms with Crippen molar-refractivity contribution in [3.63, 3.8) is 0 Å². The van der Waals surface area contributed by atoms with Crippen LogP contribution in [-0.4, -0.2) is 17.1 Å². The van der Waals surface area contributed by atoms with Crippen molar-refractivity contribution < 1.29 is 0 Å². The Hall–Kier alpha value is -0.930. The molecular weight excluding hydrogens is 186 g/mol. The molecule has 1 saturated carbocycles. The summed E-state index contributed by atoms with van der Waals surface area (Å²) < 4.78 is 0. The topological polar surface area (TPSA) is 50.9 Å². The van der Waals surface area contributed by atoms with E-state index in [0.29, 0.717) is 18.1 Å². The van der Waals surface area contributed by atoms with E-state index in [1.807, 2.05) is 18.3 Å². The van der Waals surface area contributed by atoms with Gasteiger partial charge in [0.25, 0.3) is 0 Å². The molecule has 0 radical (unpaired) electrons. The lowest BCUT2D eigenvalue weighted by molar-refractivity contribution is 0.451. The fraction of sp³-hybridized carbons (Fsp3) is 0.583. The number of pyridine rings is 1. The van der Waals surface area contributed by atoms with Crippen molar-refractivity contribution in [1.82, 2.24) is 10.3 Å². The molecule has 3 N–H and O–H groups in total. The van der Waals surface area contributed by atoms with Crippen LogP contribution in [0.15, 0.2) is 24.4 Å². The van der Waals surface area contributed by atoms with Crippen LogP contribution in [0.25, 0.3) is 0 Å². The SMILES string of the molecule is C[C@@H](NC1CCC(N)C1)c1ccccn1. The van der Waals surface area contributed by atoms with Gasteiger partial charge in [-0.15, -0.1) is 0 Å². The number of hydrogen-bond donors (Lipinski definition) is 2. The molecule has 82 valence electrons. The van der Waals surface area contributed by atoms with Gasteiger partial charge in [0.05, 0.1) is 5.69 Å². The van der Waals surface area contributed by atoms with Gasteiger partial charge in [0.15, 0.2) is 0 Å². The lowest BCUT2D eigenvalue weighted by Crippen LogP contribution is -2.31. The minimum Gasteiger partial charge on any atom is -0.328 e. The van der Waals surface area contributed by atoms with Crippen molar-refractivity contribution in [3.8, 4) is 0 Å². The number of nitrogens with zero attached hydrogens (tertiary/aromatic N) is 1.